The molecule has 1 aliphatic heterocycles. The first-order chi connectivity index (χ1) is 20.1. The number of benzene rings is 2. The number of amides is 2. The summed E-state index contributed by atoms with van der Waals surface area (Å²) in [5.74, 6) is -2.45. The number of nitrogens with one attached hydrogen (secondary N) is 1. The third kappa shape index (κ3) is 6.58. The van der Waals surface area contributed by atoms with Gasteiger partial charge in [-0.2, -0.15) is 16.9 Å². The number of rotatable bonds is 9. The highest BCUT2D eigenvalue weighted by Crippen LogP contribution is 2.32. The monoisotopic (exact) mass is 616 g/mol. The van der Waals surface area contributed by atoms with Crippen molar-refractivity contribution in [2.24, 2.45) is 13.0 Å². The number of para-hydroxylation sites is 1. The molecule has 5 rings (SSSR count). The maximum atomic E-state index is 15.2. The molecule has 2 fully saturated rings. The minimum Gasteiger partial charge on any atom is -0.481 e. The molecular formula is C30H34ClFN4O5S. The maximum absolute atomic E-state index is 15.2. The van der Waals surface area contributed by atoms with Crippen molar-refractivity contribution in [2.45, 2.75) is 55.9 Å². The van der Waals surface area contributed by atoms with Crippen molar-refractivity contribution in [3.63, 3.8) is 0 Å². The van der Waals surface area contributed by atoms with Gasteiger partial charge in [0.2, 0.25) is 5.91 Å². The number of likely N-dealkylation sites (tertiary alicyclic amines) is 1. The molecular weight excluding hydrogens is 583 g/mol. The van der Waals surface area contributed by atoms with Gasteiger partial charge in [0.25, 0.3) is 5.91 Å². The van der Waals surface area contributed by atoms with Crippen LogP contribution in [0.5, 0.6) is 0 Å². The molecule has 2 aliphatic rings. The summed E-state index contributed by atoms with van der Waals surface area (Å²) in [6, 6.07) is 9.68. The molecule has 1 saturated heterocycles. The van der Waals surface area contributed by atoms with Gasteiger partial charge in [-0.15, -0.1) is 0 Å². The molecule has 3 aromatic rings. The predicted molar refractivity (Wildman–Crippen MR) is 161 cm³/mol. The van der Waals surface area contributed by atoms with E-state index in [2.05, 4.69) is 10.4 Å². The standard InChI is InChI=1S/C30H34ClFN4O5S/c1-35-26-6-4-3-5-22(26)28(34-35)29(38)33-25-14-24(32)18(11-23(25)31)12-27(37)36-15-21(42-2)13-19(36)16-41-20-9-7-17(8-10-20)30(39)40/h3-6,11,14,17,19-21H,7-10,12-13,15-16H2,1-2H3,(H,33,38)(H,39,40)/t17?,19-,20?,21-/m0/s1. The Morgan fingerprint density at radius 2 is 1.93 bits per heavy atom. The number of fused-ring (bicyclic) bond motifs is 1. The quantitative estimate of drug-likeness (QED) is 0.342. The van der Waals surface area contributed by atoms with Crippen molar-refractivity contribution in [2.75, 3.05) is 24.7 Å². The fourth-order valence-electron chi connectivity index (χ4n) is 5.88. The smallest absolute Gasteiger partial charge is 0.306 e. The molecule has 2 amide bonds. The van der Waals surface area contributed by atoms with Crippen molar-refractivity contribution in [3.8, 4) is 0 Å². The van der Waals surface area contributed by atoms with E-state index in [-0.39, 0.29) is 57.6 Å². The zero-order valence-electron chi connectivity index (χ0n) is 23.5. The van der Waals surface area contributed by atoms with Crippen LogP contribution in [0, 0.1) is 11.7 Å². The average molecular weight is 617 g/mol. The Balaban J connectivity index is 1.23. The molecule has 0 unspecified atom stereocenters. The molecule has 1 aromatic heterocycles. The lowest BCUT2D eigenvalue weighted by atomic mass is 9.87. The highest BCUT2D eigenvalue weighted by molar-refractivity contribution is 7.99. The minimum atomic E-state index is -0.756. The molecule has 2 N–H and O–H groups in total. The van der Waals surface area contributed by atoms with E-state index in [0.717, 1.165) is 18.0 Å². The highest BCUT2D eigenvalue weighted by atomic mass is 35.5. The van der Waals surface area contributed by atoms with Crippen molar-refractivity contribution in [1.29, 1.82) is 0 Å². The summed E-state index contributed by atoms with van der Waals surface area (Å²) >= 11 is 8.13. The van der Waals surface area contributed by atoms with Crippen LogP contribution >= 0.6 is 23.4 Å². The number of ether oxygens (including phenoxy) is 1. The minimum absolute atomic E-state index is 0.0195. The molecule has 0 bridgehead atoms. The zero-order valence-corrected chi connectivity index (χ0v) is 25.1. The summed E-state index contributed by atoms with van der Waals surface area (Å²) in [6.07, 6.45) is 5.14. The van der Waals surface area contributed by atoms with Gasteiger partial charge in [-0.3, -0.25) is 19.1 Å². The summed E-state index contributed by atoms with van der Waals surface area (Å²) < 4.78 is 23.0. The third-order valence-electron chi connectivity index (χ3n) is 8.28. The van der Waals surface area contributed by atoms with Crippen molar-refractivity contribution in [3.05, 3.63) is 58.5 Å². The molecule has 224 valence electrons. The van der Waals surface area contributed by atoms with Crippen molar-refractivity contribution < 1.29 is 28.6 Å². The molecule has 9 nitrogen and oxygen atoms in total. The van der Waals surface area contributed by atoms with Crippen LogP contribution in [0.15, 0.2) is 36.4 Å². The number of carboxylic acid groups (broad SMARTS) is 1. The average Bonchev–Trinajstić information content (AvgIpc) is 3.56. The number of aliphatic carboxylic acids is 1. The van der Waals surface area contributed by atoms with Crippen molar-refractivity contribution >= 4 is 57.7 Å². The lowest BCUT2D eigenvalue weighted by Crippen LogP contribution is -2.40. The zero-order chi connectivity index (χ0) is 30.0. The van der Waals surface area contributed by atoms with E-state index in [4.69, 9.17) is 16.3 Å². The van der Waals surface area contributed by atoms with Crippen LogP contribution in [-0.2, 0) is 27.8 Å². The largest absolute Gasteiger partial charge is 0.481 e. The molecule has 1 aliphatic carbocycles. The number of aromatic nitrogens is 2. The SMILES string of the molecule is CS[C@H]1C[C@@H](COC2CCC(C(=O)O)CC2)N(C(=O)Cc2cc(Cl)c(NC(=O)c3nn(C)c4ccccc34)cc2F)C1. The van der Waals surface area contributed by atoms with Gasteiger partial charge >= 0.3 is 5.97 Å². The Kier molecular flexibility index (Phi) is 9.39. The Labute approximate surface area is 252 Å². The molecule has 2 aromatic carbocycles. The van der Waals surface area contributed by atoms with Gasteiger partial charge in [0, 0.05) is 24.2 Å². The number of carbonyl (C=O) groups excluding carboxylic acids is 2. The first-order valence-corrected chi connectivity index (χ1v) is 15.7. The number of carboxylic acids is 1. The first-order valence-electron chi connectivity index (χ1n) is 14.0. The molecule has 2 atom stereocenters. The number of carbonyl (C=O) groups is 3. The van der Waals surface area contributed by atoms with Gasteiger partial charge in [0.15, 0.2) is 5.69 Å². The molecule has 2 heterocycles. The van der Waals surface area contributed by atoms with E-state index in [0.29, 0.717) is 44.2 Å². The fourth-order valence-corrected chi connectivity index (χ4v) is 6.84. The van der Waals surface area contributed by atoms with Crippen LogP contribution in [0.1, 0.15) is 48.2 Å². The summed E-state index contributed by atoms with van der Waals surface area (Å²) in [6.45, 7) is 0.906. The van der Waals surface area contributed by atoms with E-state index in [1.807, 2.05) is 24.5 Å². The summed E-state index contributed by atoms with van der Waals surface area (Å²) in [7, 11) is 1.74. The van der Waals surface area contributed by atoms with Crippen LogP contribution in [0.4, 0.5) is 10.1 Å². The molecule has 0 radical (unpaired) electrons. The number of thioether (sulfide) groups is 1. The second-order valence-corrected chi connectivity index (χ2v) is 12.5. The lowest BCUT2D eigenvalue weighted by Gasteiger charge is -2.30. The lowest BCUT2D eigenvalue weighted by molar-refractivity contribution is -0.144. The van der Waals surface area contributed by atoms with Crippen molar-refractivity contribution in [1.82, 2.24) is 14.7 Å². The molecule has 42 heavy (non-hydrogen) atoms. The van der Waals surface area contributed by atoms with Gasteiger partial charge in [0.1, 0.15) is 5.82 Å². The van der Waals surface area contributed by atoms with Gasteiger partial charge in [-0.1, -0.05) is 29.8 Å². The maximum Gasteiger partial charge on any atom is 0.306 e. The molecule has 1 saturated carbocycles. The Hall–Kier alpha value is -3.15. The number of anilines is 1. The third-order valence-corrected chi connectivity index (χ3v) is 9.60. The summed E-state index contributed by atoms with van der Waals surface area (Å²) in [4.78, 5) is 39.4. The van der Waals surface area contributed by atoms with E-state index < -0.39 is 17.7 Å². The number of halogens is 2. The van der Waals surface area contributed by atoms with Crippen LogP contribution < -0.4 is 5.32 Å². The Morgan fingerprint density at radius 1 is 1.19 bits per heavy atom. The van der Waals surface area contributed by atoms with Crippen LogP contribution in [0.2, 0.25) is 5.02 Å². The topological polar surface area (TPSA) is 114 Å². The fraction of sp³-hybridized carbons (Fsp3) is 0.467. The first kappa shape index (κ1) is 30.3. The summed E-state index contributed by atoms with van der Waals surface area (Å²) in [5, 5.41) is 17.2. The van der Waals surface area contributed by atoms with Gasteiger partial charge < -0.3 is 20.1 Å². The highest BCUT2D eigenvalue weighted by Gasteiger charge is 2.36. The van der Waals surface area contributed by atoms with E-state index in [1.54, 1.807) is 34.5 Å². The second-order valence-electron chi connectivity index (χ2n) is 11.0. The molecule has 12 heteroatoms. The van der Waals surface area contributed by atoms with Crippen LogP contribution in [-0.4, -0.2) is 74.4 Å². The summed E-state index contributed by atoms with van der Waals surface area (Å²) in [5.41, 5.74) is 1.22. The van der Waals surface area contributed by atoms with Crippen LogP contribution in [0.3, 0.4) is 0 Å². The number of aryl methyl sites for hydroxylation is 1. The van der Waals surface area contributed by atoms with E-state index in [9.17, 15) is 19.5 Å². The molecule has 0 spiro atoms. The second kappa shape index (κ2) is 13.0. The van der Waals surface area contributed by atoms with Gasteiger partial charge in [-0.25, -0.2) is 4.39 Å². The Bertz CT molecular complexity index is 1490. The normalized spacial score (nSPS) is 22.4. The Morgan fingerprint density at radius 3 is 2.64 bits per heavy atom. The number of hydrogen-bond donors (Lipinski definition) is 2. The number of hydrogen-bond acceptors (Lipinski definition) is 6. The predicted octanol–water partition coefficient (Wildman–Crippen LogP) is 5.15. The number of nitrogens with zero attached hydrogens (tertiary/aromatic N) is 3. The van der Waals surface area contributed by atoms with Gasteiger partial charge in [0.05, 0.1) is 47.3 Å². The van der Waals surface area contributed by atoms with E-state index >= 15 is 4.39 Å². The van der Waals surface area contributed by atoms with Gasteiger partial charge in [-0.05, 0) is 62.1 Å². The van der Waals surface area contributed by atoms with Crippen LogP contribution in [0.25, 0.3) is 10.9 Å². The van der Waals surface area contributed by atoms with E-state index in [1.165, 1.54) is 6.07 Å².